The molecule has 4 rings (SSSR count). The van der Waals surface area contributed by atoms with Crippen LogP contribution in [0.25, 0.3) is 6.08 Å². The van der Waals surface area contributed by atoms with Crippen LogP contribution >= 0.6 is 23.2 Å². The van der Waals surface area contributed by atoms with Crippen LogP contribution in [-0.2, 0) is 16.2 Å². The van der Waals surface area contributed by atoms with E-state index in [1.54, 1.807) is 24.3 Å². The highest BCUT2D eigenvalue weighted by molar-refractivity contribution is 6.40. The number of urea groups is 1. The Bertz CT molecular complexity index is 1410. The van der Waals surface area contributed by atoms with E-state index in [1.807, 2.05) is 0 Å². The molecule has 3 aromatic rings. The molecule has 0 aliphatic carbocycles. The molecule has 0 unspecified atom stereocenters. The van der Waals surface area contributed by atoms with Crippen LogP contribution < -0.4 is 15.0 Å². The van der Waals surface area contributed by atoms with Crippen molar-refractivity contribution in [3.63, 3.8) is 0 Å². The zero-order chi connectivity index (χ0) is 25.1. The third-order valence-electron chi connectivity index (χ3n) is 5.03. The lowest BCUT2D eigenvalue weighted by Gasteiger charge is -2.26. The molecule has 0 aromatic heterocycles. The minimum Gasteiger partial charge on any atom is -0.486 e. The first-order valence-electron chi connectivity index (χ1n) is 10.1. The molecule has 35 heavy (non-hydrogen) atoms. The molecule has 0 spiro atoms. The van der Waals surface area contributed by atoms with E-state index in [0.29, 0.717) is 16.7 Å². The molecule has 1 saturated heterocycles. The normalized spacial score (nSPS) is 14.6. The lowest BCUT2D eigenvalue weighted by molar-refractivity contribution is -0.122. The van der Waals surface area contributed by atoms with Gasteiger partial charge in [0.25, 0.3) is 11.8 Å². The van der Waals surface area contributed by atoms with Gasteiger partial charge in [0.15, 0.2) is 5.75 Å². The fraction of sp³-hybridized carbons (Fsp3) is 0.0400. The van der Waals surface area contributed by atoms with Gasteiger partial charge < -0.3 is 4.74 Å². The van der Waals surface area contributed by atoms with Gasteiger partial charge >= 0.3 is 6.03 Å². The summed E-state index contributed by atoms with van der Waals surface area (Å²) in [5.41, 5.74) is 1.13. The summed E-state index contributed by atoms with van der Waals surface area (Å²) in [6, 6.07) is 15.5. The van der Waals surface area contributed by atoms with Crippen molar-refractivity contribution in [2.24, 2.45) is 0 Å². The highest BCUT2D eigenvalue weighted by Crippen LogP contribution is 2.36. The largest absolute Gasteiger partial charge is 0.486 e. The fourth-order valence-corrected chi connectivity index (χ4v) is 3.97. The Hall–Kier alpha value is -4.19. The maximum atomic E-state index is 13.3. The first kappa shape index (κ1) is 24.0. The summed E-state index contributed by atoms with van der Waals surface area (Å²) < 4.78 is 19.0. The standard InChI is InChI=1S/C25H14Cl2FN3O4/c26-20-10-14(11-21(27)22(20)35-13-16-4-2-1-3-15(16)12-29)9-19-23(32)30-25(34)31(24(19)33)18-7-5-17(28)6-8-18/h1-11H,13H2,(H,30,32,34)/b19-9+. The average Bonchev–Trinajstić information content (AvgIpc) is 2.82. The van der Waals surface area contributed by atoms with E-state index in [4.69, 9.17) is 27.9 Å². The van der Waals surface area contributed by atoms with Crippen molar-refractivity contribution in [1.29, 1.82) is 5.26 Å². The number of nitrogens with zero attached hydrogens (tertiary/aromatic N) is 2. The maximum Gasteiger partial charge on any atom is 0.335 e. The summed E-state index contributed by atoms with van der Waals surface area (Å²) in [5.74, 6) is -2.19. The predicted octanol–water partition coefficient (Wildman–Crippen LogP) is 5.25. The summed E-state index contributed by atoms with van der Waals surface area (Å²) in [6.07, 6.45) is 1.23. The van der Waals surface area contributed by atoms with E-state index in [9.17, 15) is 24.0 Å². The lowest BCUT2D eigenvalue weighted by Crippen LogP contribution is -2.54. The molecule has 4 amide bonds. The molecule has 3 aromatic carbocycles. The van der Waals surface area contributed by atoms with Gasteiger partial charge in [0.1, 0.15) is 18.0 Å². The van der Waals surface area contributed by atoms with Crippen LogP contribution in [0, 0.1) is 17.1 Å². The number of barbiturate groups is 1. The molecule has 0 saturated carbocycles. The molecule has 1 N–H and O–H groups in total. The number of ether oxygens (including phenoxy) is 1. The van der Waals surface area contributed by atoms with Gasteiger partial charge in [-0.05, 0) is 54.1 Å². The molecule has 7 nitrogen and oxygen atoms in total. The Labute approximate surface area is 208 Å². The molecule has 0 radical (unpaired) electrons. The van der Waals surface area contributed by atoms with Crippen LogP contribution in [0.3, 0.4) is 0 Å². The summed E-state index contributed by atoms with van der Waals surface area (Å²) in [7, 11) is 0. The van der Waals surface area contributed by atoms with E-state index in [0.717, 1.165) is 17.0 Å². The number of rotatable bonds is 5. The number of anilines is 1. The molecule has 0 atom stereocenters. The molecular weight excluding hydrogens is 496 g/mol. The molecule has 1 heterocycles. The van der Waals surface area contributed by atoms with Gasteiger partial charge in [-0.15, -0.1) is 0 Å². The number of nitriles is 1. The summed E-state index contributed by atoms with van der Waals surface area (Å²) >= 11 is 12.7. The van der Waals surface area contributed by atoms with Gasteiger partial charge in [0.2, 0.25) is 0 Å². The number of imide groups is 2. The zero-order valence-electron chi connectivity index (χ0n) is 17.7. The SMILES string of the molecule is N#Cc1ccccc1COc1c(Cl)cc(/C=C2\C(=O)NC(=O)N(c3ccc(F)cc3)C2=O)cc1Cl. The lowest BCUT2D eigenvalue weighted by atomic mass is 10.1. The van der Waals surface area contributed by atoms with Crippen LogP contribution in [0.15, 0.2) is 66.2 Å². The number of halogens is 3. The van der Waals surface area contributed by atoms with E-state index in [-0.39, 0.29) is 33.7 Å². The molecule has 1 aliphatic heterocycles. The number of hydrogen-bond donors (Lipinski definition) is 1. The van der Waals surface area contributed by atoms with E-state index < -0.39 is 23.7 Å². The number of nitrogens with one attached hydrogen (secondary N) is 1. The van der Waals surface area contributed by atoms with Gasteiger partial charge in [0, 0.05) is 5.56 Å². The molecule has 1 aliphatic rings. The van der Waals surface area contributed by atoms with Crippen molar-refractivity contribution >= 4 is 52.8 Å². The molecule has 1 fully saturated rings. The quantitative estimate of drug-likeness (QED) is 0.374. The number of carbonyl (C=O) groups excluding carboxylic acids is 3. The van der Waals surface area contributed by atoms with Crippen molar-refractivity contribution in [3.8, 4) is 11.8 Å². The van der Waals surface area contributed by atoms with Crippen LogP contribution in [0.5, 0.6) is 5.75 Å². The molecule has 174 valence electrons. The zero-order valence-corrected chi connectivity index (χ0v) is 19.2. The maximum absolute atomic E-state index is 13.3. The first-order chi connectivity index (χ1) is 16.8. The van der Waals surface area contributed by atoms with Gasteiger partial charge in [-0.2, -0.15) is 5.26 Å². The monoisotopic (exact) mass is 509 g/mol. The third-order valence-corrected chi connectivity index (χ3v) is 5.59. The van der Waals surface area contributed by atoms with Crippen molar-refractivity contribution in [2.75, 3.05) is 4.90 Å². The van der Waals surface area contributed by atoms with Crippen molar-refractivity contribution in [3.05, 3.63) is 98.8 Å². The van der Waals surface area contributed by atoms with E-state index in [2.05, 4.69) is 11.4 Å². The average molecular weight is 510 g/mol. The van der Waals surface area contributed by atoms with Crippen LogP contribution in [0.2, 0.25) is 10.0 Å². The third kappa shape index (κ3) is 5.01. The fourth-order valence-electron chi connectivity index (χ4n) is 3.35. The predicted molar refractivity (Wildman–Crippen MR) is 127 cm³/mol. The smallest absolute Gasteiger partial charge is 0.335 e. The number of amides is 4. The topological polar surface area (TPSA) is 99.5 Å². The number of benzene rings is 3. The summed E-state index contributed by atoms with van der Waals surface area (Å²) in [4.78, 5) is 38.3. The minimum absolute atomic E-state index is 0.0409. The van der Waals surface area contributed by atoms with Gasteiger partial charge in [-0.3, -0.25) is 14.9 Å². The second-order valence-electron chi connectivity index (χ2n) is 7.31. The Balaban J connectivity index is 1.61. The Morgan fingerprint density at radius 3 is 2.34 bits per heavy atom. The molecular formula is C25H14Cl2FN3O4. The van der Waals surface area contributed by atoms with E-state index >= 15 is 0 Å². The minimum atomic E-state index is -0.957. The highest BCUT2D eigenvalue weighted by atomic mass is 35.5. The van der Waals surface area contributed by atoms with E-state index in [1.165, 1.54) is 30.3 Å². The van der Waals surface area contributed by atoms with Gasteiger partial charge in [-0.25, -0.2) is 14.1 Å². The van der Waals surface area contributed by atoms with Gasteiger partial charge in [0.05, 0.1) is 27.4 Å². The Morgan fingerprint density at radius 1 is 1.03 bits per heavy atom. The molecule has 0 bridgehead atoms. The second-order valence-corrected chi connectivity index (χ2v) is 8.12. The first-order valence-corrected chi connectivity index (χ1v) is 10.8. The highest BCUT2D eigenvalue weighted by Gasteiger charge is 2.36. The molecule has 10 heteroatoms. The van der Waals surface area contributed by atoms with Crippen LogP contribution in [0.4, 0.5) is 14.9 Å². The van der Waals surface area contributed by atoms with Crippen molar-refractivity contribution in [2.45, 2.75) is 6.61 Å². The van der Waals surface area contributed by atoms with Crippen molar-refractivity contribution < 1.29 is 23.5 Å². The summed E-state index contributed by atoms with van der Waals surface area (Å²) in [5, 5.41) is 11.5. The van der Waals surface area contributed by atoms with Crippen LogP contribution in [0.1, 0.15) is 16.7 Å². The number of hydrogen-bond acceptors (Lipinski definition) is 5. The van der Waals surface area contributed by atoms with Crippen LogP contribution in [-0.4, -0.2) is 17.8 Å². The summed E-state index contributed by atoms with van der Waals surface area (Å²) in [6.45, 7) is 0.0409. The number of carbonyl (C=O) groups is 3. The Kier molecular flexibility index (Phi) is 6.82. The Morgan fingerprint density at radius 2 is 1.69 bits per heavy atom. The second kappa shape index (κ2) is 9.97. The van der Waals surface area contributed by atoms with Crippen molar-refractivity contribution in [1.82, 2.24) is 5.32 Å². The van der Waals surface area contributed by atoms with Gasteiger partial charge in [-0.1, -0.05) is 41.4 Å².